The molecule has 1 aliphatic rings. The number of aryl methyl sites for hydroxylation is 2. The maximum absolute atomic E-state index is 13.5. The zero-order chi connectivity index (χ0) is 21.8. The number of anilines is 1. The Bertz CT molecular complexity index is 1250. The van der Waals surface area contributed by atoms with Crippen molar-refractivity contribution in [3.63, 3.8) is 0 Å². The summed E-state index contributed by atoms with van der Waals surface area (Å²) >= 11 is 0. The van der Waals surface area contributed by atoms with Crippen molar-refractivity contribution in [2.24, 2.45) is 5.41 Å². The van der Waals surface area contributed by atoms with Crippen molar-refractivity contribution in [3.05, 3.63) is 58.8 Å². The largest absolute Gasteiger partial charge is 0.358 e. The monoisotopic (exact) mass is 424 g/mol. The topological polar surface area (TPSA) is 70.2 Å². The van der Waals surface area contributed by atoms with Gasteiger partial charge in [0, 0.05) is 35.6 Å². The number of sulfonamides is 1. The molecule has 6 heteroatoms. The molecule has 0 saturated carbocycles. The molecule has 0 spiro atoms. The minimum absolute atomic E-state index is 0.0981. The maximum atomic E-state index is 13.5. The van der Waals surface area contributed by atoms with Gasteiger partial charge < -0.3 is 4.98 Å². The molecule has 1 aliphatic carbocycles. The first-order valence-corrected chi connectivity index (χ1v) is 11.7. The van der Waals surface area contributed by atoms with E-state index in [2.05, 4.69) is 18.8 Å². The van der Waals surface area contributed by atoms with Crippen LogP contribution in [-0.4, -0.2) is 26.2 Å². The number of carbonyl (C=O) groups excluding carboxylic acids is 1. The van der Waals surface area contributed by atoms with E-state index in [1.165, 1.54) is 4.31 Å². The van der Waals surface area contributed by atoms with Gasteiger partial charge >= 0.3 is 0 Å². The Kier molecular flexibility index (Phi) is 4.81. The van der Waals surface area contributed by atoms with Crippen molar-refractivity contribution in [3.8, 4) is 0 Å². The number of hydrogen-bond donors (Lipinski definition) is 1. The molecule has 30 heavy (non-hydrogen) atoms. The molecular formula is C24H28N2O3S. The predicted octanol–water partition coefficient (Wildman–Crippen LogP) is 5.02. The molecule has 4 rings (SSSR count). The van der Waals surface area contributed by atoms with E-state index in [9.17, 15) is 13.2 Å². The fourth-order valence-electron chi connectivity index (χ4n) is 4.40. The fourth-order valence-corrected chi connectivity index (χ4v) is 5.89. The minimum Gasteiger partial charge on any atom is -0.358 e. The summed E-state index contributed by atoms with van der Waals surface area (Å²) in [6.07, 6.45) is 1.84. The van der Waals surface area contributed by atoms with Gasteiger partial charge in [-0.3, -0.25) is 9.10 Å². The van der Waals surface area contributed by atoms with Crippen LogP contribution in [0.25, 0.3) is 10.9 Å². The minimum atomic E-state index is -3.75. The lowest BCUT2D eigenvalue weighted by Crippen LogP contribution is -2.27. The first kappa shape index (κ1) is 20.7. The van der Waals surface area contributed by atoms with Crippen molar-refractivity contribution in [2.45, 2.75) is 51.9 Å². The molecule has 2 aromatic carbocycles. The molecule has 1 N–H and O–H groups in total. The number of nitrogens with zero attached hydrogens (tertiary/aromatic N) is 1. The Morgan fingerprint density at radius 2 is 1.77 bits per heavy atom. The number of nitrogens with one attached hydrogen (secondary N) is 1. The summed E-state index contributed by atoms with van der Waals surface area (Å²) in [5.41, 5.74) is 4.67. The Labute approximate surface area is 178 Å². The summed E-state index contributed by atoms with van der Waals surface area (Å²) < 4.78 is 28.3. The lowest BCUT2D eigenvalue weighted by atomic mass is 9.76. The summed E-state index contributed by atoms with van der Waals surface area (Å²) in [6, 6.07) is 11.0. The van der Waals surface area contributed by atoms with Gasteiger partial charge in [0.05, 0.1) is 10.6 Å². The van der Waals surface area contributed by atoms with Crippen LogP contribution in [0.2, 0.25) is 0 Å². The molecule has 0 fully saturated rings. The van der Waals surface area contributed by atoms with Gasteiger partial charge in [-0.05, 0) is 55.0 Å². The summed E-state index contributed by atoms with van der Waals surface area (Å²) in [7, 11) is -2.17. The van der Waals surface area contributed by atoms with Crippen LogP contribution in [0.3, 0.4) is 0 Å². The Balaban J connectivity index is 1.87. The third kappa shape index (κ3) is 3.33. The number of H-pyrrole nitrogens is 1. The smallest absolute Gasteiger partial charge is 0.264 e. The molecule has 3 aromatic rings. The summed E-state index contributed by atoms with van der Waals surface area (Å²) in [5.74, 6) is 0.127. The number of ketones is 1. The SMILES string of the molecule is CCc1cc2c3c([nH]c2cc1S(=O)(=O)N(C)c1ccc(C)cc1)CC(C)(C)CC3=O. The lowest BCUT2D eigenvalue weighted by molar-refractivity contribution is 0.0913. The third-order valence-corrected chi connectivity index (χ3v) is 7.92. The van der Waals surface area contributed by atoms with Gasteiger partial charge in [-0.25, -0.2) is 8.42 Å². The van der Waals surface area contributed by atoms with Gasteiger partial charge in [0.1, 0.15) is 0 Å². The summed E-state index contributed by atoms with van der Waals surface area (Å²) in [6.45, 7) is 8.08. The van der Waals surface area contributed by atoms with E-state index in [4.69, 9.17) is 0 Å². The standard InChI is InChI=1S/C24H28N2O3S/c1-6-16-11-18-19(25-20-13-24(3,4)14-21(27)23(18)20)12-22(16)30(28,29)26(5)17-9-7-15(2)8-10-17/h7-12,25H,6,13-14H2,1-5H3. The molecule has 0 radical (unpaired) electrons. The number of carbonyl (C=O) groups is 1. The Morgan fingerprint density at radius 1 is 1.10 bits per heavy atom. The van der Waals surface area contributed by atoms with Crippen molar-refractivity contribution < 1.29 is 13.2 Å². The Morgan fingerprint density at radius 3 is 2.40 bits per heavy atom. The highest BCUT2D eigenvalue weighted by molar-refractivity contribution is 7.92. The highest BCUT2D eigenvalue weighted by Crippen LogP contribution is 2.39. The zero-order valence-corrected chi connectivity index (χ0v) is 19.0. The molecule has 0 aliphatic heterocycles. The first-order valence-electron chi connectivity index (χ1n) is 10.3. The molecule has 5 nitrogen and oxygen atoms in total. The van der Waals surface area contributed by atoms with Crippen molar-refractivity contribution in [2.75, 3.05) is 11.4 Å². The number of hydrogen-bond acceptors (Lipinski definition) is 3. The van der Waals surface area contributed by atoms with E-state index in [0.29, 0.717) is 24.0 Å². The molecule has 158 valence electrons. The van der Waals surface area contributed by atoms with Crippen LogP contribution in [0, 0.1) is 12.3 Å². The summed E-state index contributed by atoms with van der Waals surface area (Å²) in [4.78, 5) is 16.5. The Hall–Kier alpha value is -2.60. The molecular weight excluding hydrogens is 396 g/mol. The van der Waals surface area contributed by atoms with E-state index in [-0.39, 0.29) is 16.1 Å². The van der Waals surface area contributed by atoms with E-state index in [1.54, 1.807) is 13.1 Å². The molecule has 0 bridgehead atoms. The summed E-state index contributed by atoms with van der Waals surface area (Å²) in [5, 5.41) is 0.833. The van der Waals surface area contributed by atoms with E-state index < -0.39 is 10.0 Å². The van der Waals surface area contributed by atoms with Crippen molar-refractivity contribution in [1.29, 1.82) is 0 Å². The number of rotatable bonds is 4. The molecule has 1 aromatic heterocycles. The second-order valence-corrected chi connectivity index (χ2v) is 11.0. The van der Waals surface area contributed by atoms with Crippen LogP contribution >= 0.6 is 0 Å². The normalized spacial score (nSPS) is 16.0. The molecule has 0 atom stereocenters. The fraction of sp³-hybridized carbons (Fsp3) is 0.375. The van der Waals surface area contributed by atoms with Gasteiger partial charge in [-0.1, -0.05) is 38.5 Å². The van der Waals surface area contributed by atoms with Gasteiger partial charge in [0.2, 0.25) is 0 Å². The second kappa shape index (κ2) is 6.98. The molecule has 1 heterocycles. The highest BCUT2D eigenvalue weighted by Gasteiger charge is 2.34. The van der Waals surface area contributed by atoms with Gasteiger partial charge in [0.15, 0.2) is 5.78 Å². The predicted molar refractivity (Wildman–Crippen MR) is 121 cm³/mol. The van der Waals surface area contributed by atoms with Gasteiger partial charge in [-0.15, -0.1) is 0 Å². The van der Waals surface area contributed by atoms with Crippen LogP contribution in [0.15, 0.2) is 41.3 Å². The van der Waals surface area contributed by atoms with E-state index in [0.717, 1.165) is 34.2 Å². The average Bonchev–Trinajstić information content (AvgIpc) is 3.02. The quantitative estimate of drug-likeness (QED) is 0.639. The van der Waals surface area contributed by atoms with Gasteiger partial charge in [-0.2, -0.15) is 0 Å². The highest BCUT2D eigenvalue weighted by atomic mass is 32.2. The van der Waals surface area contributed by atoms with E-state index >= 15 is 0 Å². The maximum Gasteiger partial charge on any atom is 0.264 e. The van der Waals surface area contributed by atoms with Crippen molar-refractivity contribution in [1.82, 2.24) is 4.98 Å². The van der Waals surface area contributed by atoms with Crippen LogP contribution < -0.4 is 4.31 Å². The number of aromatic nitrogens is 1. The third-order valence-electron chi connectivity index (χ3n) is 6.05. The molecule has 0 amide bonds. The lowest BCUT2D eigenvalue weighted by Gasteiger charge is -2.28. The van der Waals surface area contributed by atoms with Crippen LogP contribution in [-0.2, 0) is 22.9 Å². The van der Waals surface area contributed by atoms with Crippen molar-refractivity contribution >= 4 is 32.4 Å². The van der Waals surface area contributed by atoms with Gasteiger partial charge in [0.25, 0.3) is 10.0 Å². The van der Waals surface area contributed by atoms with Crippen LogP contribution in [0.1, 0.15) is 54.4 Å². The second-order valence-electron chi connectivity index (χ2n) is 9.09. The number of fused-ring (bicyclic) bond motifs is 3. The first-order chi connectivity index (χ1) is 14.0. The number of Topliss-reactive ketones (excluding diaryl/α,β-unsaturated/α-hetero) is 1. The van der Waals surface area contributed by atoms with Crippen LogP contribution in [0.4, 0.5) is 5.69 Å². The average molecular weight is 425 g/mol. The van der Waals surface area contributed by atoms with E-state index in [1.807, 2.05) is 44.2 Å². The molecule has 0 saturated heterocycles. The number of aromatic amines is 1. The molecule has 0 unspecified atom stereocenters. The zero-order valence-electron chi connectivity index (χ0n) is 18.2. The number of benzene rings is 2. The van der Waals surface area contributed by atoms with Crippen LogP contribution in [0.5, 0.6) is 0 Å².